The number of nitrogens with zero attached hydrogens (tertiary/aromatic N) is 4. The van der Waals surface area contributed by atoms with Gasteiger partial charge in [-0.05, 0) is 64.4 Å². The Morgan fingerprint density at radius 1 is 0.644 bits per heavy atom. The molecular formula is C66H62GeIrN4O-2. The molecule has 0 amide bonds. The van der Waals surface area contributed by atoms with E-state index in [1.54, 1.807) is 12.1 Å². The van der Waals surface area contributed by atoms with Crippen LogP contribution in [0.5, 0.6) is 0 Å². The van der Waals surface area contributed by atoms with Gasteiger partial charge in [0.1, 0.15) is 5.58 Å². The van der Waals surface area contributed by atoms with E-state index in [0.717, 1.165) is 67.0 Å². The zero-order valence-electron chi connectivity index (χ0n) is 46.0. The number of hydrogen-bond donors (Lipinski definition) is 0. The average molecular weight is 1200 g/mol. The molecule has 0 aliphatic rings. The Bertz CT molecular complexity index is 3790. The molecule has 0 fully saturated rings. The summed E-state index contributed by atoms with van der Waals surface area (Å²) in [7, 11) is 0. The normalized spacial score (nSPS) is 12.6. The molecule has 1 radical (unpaired) electrons. The number of aromatic nitrogens is 4. The van der Waals surface area contributed by atoms with Gasteiger partial charge in [0, 0.05) is 36.7 Å². The van der Waals surface area contributed by atoms with Crippen molar-refractivity contribution in [2.24, 2.45) is 0 Å². The van der Waals surface area contributed by atoms with Gasteiger partial charge in [-0.1, -0.05) is 118 Å². The molecule has 4 aromatic heterocycles. The molecule has 0 saturated carbocycles. The summed E-state index contributed by atoms with van der Waals surface area (Å²) in [5, 5.41) is 2.13. The third kappa shape index (κ3) is 10.2. The predicted octanol–water partition coefficient (Wildman–Crippen LogP) is 17.1. The van der Waals surface area contributed by atoms with Gasteiger partial charge in [0.2, 0.25) is 0 Å². The Kier molecular flexibility index (Phi) is 13.6. The monoisotopic (exact) mass is 1200 g/mol. The number of imidazole rings is 1. The molecular weight excluding hydrogens is 1130 g/mol. The first kappa shape index (κ1) is 47.3. The van der Waals surface area contributed by atoms with Crippen LogP contribution < -0.4 is 4.40 Å². The second-order valence-electron chi connectivity index (χ2n) is 20.9. The van der Waals surface area contributed by atoms with Gasteiger partial charge in [0.25, 0.3) is 0 Å². The number of benzene rings is 7. The van der Waals surface area contributed by atoms with Crippen LogP contribution in [-0.2, 0) is 25.5 Å². The molecule has 4 heterocycles. The quantitative estimate of drug-likeness (QED) is 0.101. The smallest absolute Gasteiger partial charge is 0 e. The van der Waals surface area contributed by atoms with Crippen molar-refractivity contribution >= 4 is 50.8 Å². The largest absolute Gasteiger partial charge is 0 e. The second kappa shape index (κ2) is 21.0. The van der Waals surface area contributed by atoms with Crippen molar-refractivity contribution in [1.82, 2.24) is 19.5 Å². The molecule has 73 heavy (non-hydrogen) atoms. The molecule has 0 bridgehead atoms. The first-order valence-corrected chi connectivity index (χ1v) is 32.3. The number of rotatable bonds is 10. The fourth-order valence-corrected chi connectivity index (χ4v) is 13.4. The third-order valence-corrected chi connectivity index (χ3v) is 18.1. The summed E-state index contributed by atoms with van der Waals surface area (Å²) in [4.78, 5) is 15.2. The van der Waals surface area contributed by atoms with Crippen molar-refractivity contribution in [2.75, 3.05) is 0 Å². The predicted molar refractivity (Wildman–Crippen MR) is 304 cm³/mol. The summed E-state index contributed by atoms with van der Waals surface area (Å²) in [6.45, 7) is 11.5. The molecule has 0 spiro atoms. The molecule has 0 aliphatic carbocycles. The van der Waals surface area contributed by atoms with E-state index in [9.17, 15) is 0 Å². The number of hydrogen-bond acceptors (Lipinski definition) is 4. The summed E-state index contributed by atoms with van der Waals surface area (Å²) in [6, 6.07) is 66.6. The van der Waals surface area contributed by atoms with E-state index < -0.39 is 20.1 Å². The van der Waals surface area contributed by atoms with Crippen LogP contribution in [0.25, 0.3) is 83.8 Å². The van der Waals surface area contributed by atoms with Gasteiger partial charge in [0.15, 0.2) is 5.65 Å². The number of furan rings is 1. The van der Waals surface area contributed by atoms with Crippen LogP contribution in [0.3, 0.4) is 0 Å². The number of para-hydroxylation sites is 1. The minimum atomic E-state index is -2.18. The van der Waals surface area contributed by atoms with Crippen molar-refractivity contribution in [3.05, 3.63) is 222 Å². The van der Waals surface area contributed by atoms with Crippen LogP contribution in [0.2, 0.25) is 17.3 Å². The molecule has 5 nitrogen and oxygen atoms in total. The van der Waals surface area contributed by atoms with Crippen molar-refractivity contribution in [3.63, 3.8) is 0 Å². The summed E-state index contributed by atoms with van der Waals surface area (Å²) in [6.07, 6.45) is 2.04. The molecule has 367 valence electrons. The Balaban J connectivity index is 0.000000204. The van der Waals surface area contributed by atoms with Crippen molar-refractivity contribution in [2.45, 2.75) is 82.9 Å². The summed E-state index contributed by atoms with van der Waals surface area (Å²) < 4.78 is 32.9. The first-order valence-electron chi connectivity index (χ1n) is 26.5. The maximum atomic E-state index is 7.56. The standard InChI is InChI=1S/C42H34N3O.C24H28GeN.Ir/c1-26(2)34-24-30(28-14-7-5-8-15-28)25-35(27(3)4)39(34)45-37-23-22-36(29-16-9-6-10-17-29)43-41(37)44-42(45)33-20-13-19-32-31-18-11-12-21-38(31)46-40(32)33;1-18-12-14-19(15-13-18)23-16-21(22(17-26-23)25(4,5)6)24(2,3)20-10-8-7-9-11-20;/h5-19,21-27H,1-4H3;7-14,16-17H,1-6H3;/q2*-1;/i;1D3;. The second-order valence-corrected chi connectivity index (χ2v) is 31.5. The molecule has 11 rings (SSSR count). The fourth-order valence-electron chi connectivity index (χ4n) is 9.91. The Hall–Kier alpha value is -6.70. The van der Waals surface area contributed by atoms with Crippen LogP contribution in [0.4, 0.5) is 0 Å². The first-order chi connectivity index (χ1) is 35.9. The average Bonchev–Trinajstić information content (AvgIpc) is 4.07. The van der Waals surface area contributed by atoms with Gasteiger partial charge in [-0.25, -0.2) is 4.98 Å². The van der Waals surface area contributed by atoms with Gasteiger partial charge < -0.3 is 8.98 Å². The minimum Gasteiger partial charge on any atom is 0 e. The molecule has 11 aromatic rings. The maximum absolute atomic E-state index is 7.56. The Morgan fingerprint density at radius 2 is 1.29 bits per heavy atom. The van der Waals surface area contributed by atoms with E-state index in [0.29, 0.717) is 11.2 Å². The number of aryl methyl sites for hydroxylation is 1. The number of pyridine rings is 2. The molecule has 0 saturated heterocycles. The number of fused-ring (bicyclic) bond motifs is 4. The van der Waals surface area contributed by atoms with Gasteiger partial charge in [0.05, 0.1) is 22.6 Å². The van der Waals surface area contributed by atoms with Gasteiger partial charge >= 0.3 is 165 Å². The summed E-state index contributed by atoms with van der Waals surface area (Å²) in [5.74, 6) is 8.44. The van der Waals surface area contributed by atoms with Crippen LogP contribution in [-0.4, -0.2) is 32.8 Å². The summed E-state index contributed by atoms with van der Waals surface area (Å²) >= 11 is -2.18. The van der Waals surface area contributed by atoms with Crippen molar-refractivity contribution in [1.29, 1.82) is 0 Å². The van der Waals surface area contributed by atoms with Gasteiger partial charge in [-0.3, -0.25) is 4.98 Å². The molecule has 7 heteroatoms. The van der Waals surface area contributed by atoms with Gasteiger partial charge in [-0.2, -0.15) is 0 Å². The summed E-state index contributed by atoms with van der Waals surface area (Å²) in [5.41, 5.74) is 16.5. The minimum absolute atomic E-state index is 0. The van der Waals surface area contributed by atoms with Crippen LogP contribution in [0, 0.1) is 19.0 Å². The SMILES string of the molecule is CC(C)c1cc(-c2ccccc2)cc(C(C)C)c1-n1c(-c2[c-]ccc3c2oc2ccccc23)nc2nc(-c3ccccc3)ccc21.[2H]C([2H])([2H])c1c[c-]c(-c2cc(C(C)(C)c3ccccc3)[c]([Ge]([CH3])([CH3])[CH3])cn2)cc1.[Ir]. The van der Waals surface area contributed by atoms with Gasteiger partial charge in [-0.15, -0.1) is 18.2 Å². The Labute approximate surface area is 451 Å². The van der Waals surface area contributed by atoms with E-state index in [2.05, 4.69) is 191 Å². The third-order valence-electron chi connectivity index (χ3n) is 13.9. The molecule has 7 aromatic carbocycles. The maximum Gasteiger partial charge on any atom is 0 e. The van der Waals surface area contributed by atoms with Crippen LogP contribution >= 0.6 is 0 Å². The molecule has 0 unspecified atom stereocenters. The van der Waals surface area contributed by atoms with Crippen LogP contribution in [0.1, 0.15) is 85.3 Å². The van der Waals surface area contributed by atoms with E-state index in [-0.39, 0.29) is 37.4 Å². The van der Waals surface area contributed by atoms with E-state index in [1.165, 1.54) is 37.8 Å². The zero-order chi connectivity index (χ0) is 52.8. The Morgan fingerprint density at radius 3 is 1.92 bits per heavy atom. The van der Waals surface area contributed by atoms with Crippen molar-refractivity contribution < 1.29 is 28.6 Å². The molecule has 0 atom stereocenters. The van der Waals surface area contributed by atoms with E-state index >= 15 is 0 Å². The van der Waals surface area contributed by atoms with E-state index in [1.807, 2.05) is 54.7 Å². The van der Waals surface area contributed by atoms with E-state index in [4.69, 9.17) is 23.5 Å². The van der Waals surface area contributed by atoms with Crippen molar-refractivity contribution in [3.8, 4) is 50.7 Å². The fraction of sp³-hybridized carbons (Fsp3) is 0.197. The topological polar surface area (TPSA) is 56.7 Å². The molecule has 0 aliphatic heterocycles. The van der Waals surface area contributed by atoms with Crippen LogP contribution in [0.15, 0.2) is 187 Å². The molecule has 0 N–H and O–H groups in total. The zero-order valence-corrected chi connectivity index (χ0v) is 47.5.